The summed E-state index contributed by atoms with van der Waals surface area (Å²) < 4.78 is 13.1. The van der Waals surface area contributed by atoms with Crippen LogP contribution in [0.25, 0.3) is 0 Å². The zero-order valence-electron chi connectivity index (χ0n) is 11.7. The molecule has 4 nitrogen and oxygen atoms in total. The molecule has 0 fully saturated rings. The van der Waals surface area contributed by atoms with E-state index in [0.717, 1.165) is 11.8 Å². The van der Waals surface area contributed by atoms with Gasteiger partial charge in [-0.2, -0.15) is 0 Å². The molecule has 0 saturated heterocycles. The quantitative estimate of drug-likeness (QED) is 0.855. The second-order valence-corrected chi connectivity index (χ2v) is 5.16. The standard InChI is InChI=1S/C15H15ClFN3O/c1-20(2)14-6-4-10(8-11(14)16)19-15(21)9-3-5-12(17)13(18)7-9/h3-8H,18H2,1-2H3,(H,19,21). The largest absolute Gasteiger partial charge is 0.396 e. The van der Waals surface area contributed by atoms with Gasteiger partial charge in [-0.1, -0.05) is 11.6 Å². The molecular weight excluding hydrogens is 293 g/mol. The number of hydrogen-bond donors (Lipinski definition) is 2. The second-order valence-electron chi connectivity index (χ2n) is 4.75. The van der Waals surface area contributed by atoms with Gasteiger partial charge in [-0.05, 0) is 36.4 Å². The number of anilines is 3. The molecule has 0 aliphatic carbocycles. The lowest BCUT2D eigenvalue weighted by atomic mass is 10.1. The molecule has 0 unspecified atom stereocenters. The van der Waals surface area contributed by atoms with Gasteiger partial charge in [0.1, 0.15) is 5.82 Å². The lowest BCUT2D eigenvalue weighted by Gasteiger charge is -2.15. The maximum atomic E-state index is 13.1. The van der Waals surface area contributed by atoms with Crippen LogP contribution in [-0.4, -0.2) is 20.0 Å². The van der Waals surface area contributed by atoms with Crippen LogP contribution < -0.4 is 16.0 Å². The van der Waals surface area contributed by atoms with Crippen molar-refractivity contribution in [2.24, 2.45) is 0 Å². The van der Waals surface area contributed by atoms with Gasteiger partial charge in [0.05, 0.1) is 16.4 Å². The van der Waals surface area contributed by atoms with Crippen molar-refractivity contribution in [3.8, 4) is 0 Å². The van der Waals surface area contributed by atoms with Crippen molar-refractivity contribution in [1.29, 1.82) is 0 Å². The van der Waals surface area contributed by atoms with E-state index in [1.807, 2.05) is 19.0 Å². The average molecular weight is 308 g/mol. The first kappa shape index (κ1) is 15.1. The molecule has 0 aromatic heterocycles. The Kier molecular flexibility index (Phi) is 4.33. The smallest absolute Gasteiger partial charge is 0.255 e. The Morgan fingerprint density at radius 1 is 1.24 bits per heavy atom. The van der Waals surface area contributed by atoms with Crippen molar-refractivity contribution in [2.75, 3.05) is 30.0 Å². The predicted octanol–water partition coefficient (Wildman–Crippen LogP) is 3.38. The minimum Gasteiger partial charge on any atom is -0.396 e. The highest BCUT2D eigenvalue weighted by Gasteiger charge is 2.10. The first-order chi connectivity index (χ1) is 9.88. The van der Waals surface area contributed by atoms with Crippen LogP contribution in [0.2, 0.25) is 5.02 Å². The number of nitrogens with two attached hydrogens (primary N) is 1. The van der Waals surface area contributed by atoms with Gasteiger partial charge in [0.25, 0.3) is 5.91 Å². The average Bonchev–Trinajstić information content (AvgIpc) is 2.41. The third kappa shape index (κ3) is 3.44. The van der Waals surface area contributed by atoms with Crippen LogP contribution in [-0.2, 0) is 0 Å². The molecule has 0 atom stereocenters. The molecule has 3 N–H and O–H groups in total. The lowest BCUT2D eigenvalue weighted by molar-refractivity contribution is 0.102. The Morgan fingerprint density at radius 3 is 2.52 bits per heavy atom. The zero-order valence-corrected chi connectivity index (χ0v) is 12.4. The number of rotatable bonds is 3. The van der Waals surface area contributed by atoms with Crippen molar-refractivity contribution in [1.82, 2.24) is 0 Å². The van der Waals surface area contributed by atoms with E-state index >= 15 is 0 Å². The Morgan fingerprint density at radius 2 is 1.95 bits per heavy atom. The van der Waals surface area contributed by atoms with Crippen LogP contribution in [0.4, 0.5) is 21.5 Å². The molecule has 0 radical (unpaired) electrons. The fourth-order valence-electron chi connectivity index (χ4n) is 1.84. The van der Waals surface area contributed by atoms with Gasteiger partial charge in [0.2, 0.25) is 0 Å². The van der Waals surface area contributed by atoms with Crippen LogP contribution in [0.15, 0.2) is 36.4 Å². The first-order valence-electron chi connectivity index (χ1n) is 6.21. The third-order valence-electron chi connectivity index (χ3n) is 2.95. The van der Waals surface area contributed by atoms with Gasteiger partial charge < -0.3 is 16.0 Å². The van der Waals surface area contributed by atoms with Gasteiger partial charge in [0.15, 0.2) is 0 Å². The lowest BCUT2D eigenvalue weighted by Crippen LogP contribution is -2.13. The Hall–Kier alpha value is -2.27. The van der Waals surface area contributed by atoms with Crippen molar-refractivity contribution in [3.63, 3.8) is 0 Å². The van der Waals surface area contributed by atoms with Crippen molar-refractivity contribution in [2.45, 2.75) is 0 Å². The maximum absolute atomic E-state index is 13.1. The van der Waals surface area contributed by atoms with E-state index in [1.54, 1.807) is 18.2 Å². The summed E-state index contributed by atoms with van der Waals surface area (Å²) in [4.78, 5) is 13.9. The number of benzene rings is 2. The van der Waals surface area contributed by atoms with E-state index in [2.05, 4.69) is 5.32 Å². The van der Waals surface area contributed by atoms with Crippen LogP contribution in [0, 0.1) is 5.82 Å². The highest BCUT2D eigenvalue weighted by Crippen LogP contribution is 2.27. The monoisotopic (exact) mass is 307 g/mol. The number of nitrogen functional groups attached to an aromatic ring is 1. The van der Waals surface area contributed by atoms with E-state index in [4.69, 9.17) is 17.3 Å². The van der Waals surface area contributed by atoms with E-state index in [9.17, 15) is 9.18 Å². The summed E-state index contributed by atoms with van der Waals surface area (Å²) in [5.74, 6) is -0.930. The van der Waals surface area contributed by atoms with Gasteiger partial charge in [0, 0.05) is 25.3 Å². The first-order valence-corrected chi connectivity index (χ1v) is 6.59. The van der Waals surface area contributed by atoms with Crippen molar-refractivity contribution >= 4 is 34.6 Å². The van der Waals surface area contributed by atoms with Crippen LogP contribution in [0.1, 0.15) is 10.4 Å². The molecule has 0 aliphatic rings. The molecule has 21 heavy (non-hydrogen) atoms. The van der Waals surface area contributed by atoms with Gasteiger partial charge in [-0.3, -0.25) is 4.79 Å². The fourth-order valence-corrected chi connectivity index (χ4v) is 2.19. The molecule has 2 rings (SSSR count). The maximum Gasteiger partial charge on any atom is 0.255 e. The molecule has 1 amide bonds. The Balaban J connectivity index is 2.19. The van der Waals surface area contributed by atoms with Crippen LogP contribution in [0.3, 0.4) is 0 Å². The predicted molar refractivity (Wildman–Crippen MR) is 84.5 cm³/mol. The van der Waals surface area contributed by atoms with E-state index in [-0.39, 0.29) is 17.2 Å². The number of nitrogens with zero attached hydrogens (tertiary/aromatic N) is 1. The van der Waals surface area contributed by atoms with Crippen LogP contribution >= 0.6 is 11.6 Å². The van der Waals surface area contributed by atoms with Crippen LogP contribution in [0.5, 0.6) is 0 Å². The normalized spacial score (nSPS) is 10.3. The number of halogens is 2. The summed E-state index contributed by atoms with van der Waals surface area (Å²) in [6.45, 7) is 0. The van der Waals surface area contributed by atoms with Gasteiger partial charge in [-0.15, -0.1) is 0 Å². The minimum absolute atomic E-state index is 0.0661. The molecule has 2 aromatic rings. The summed E-state index contributed by atoms with van der Waals surface area (Å²) in [5.41, 5.74) is 7.06. The third-order valence-corrected chi connectivity index (χ3v) is 3.25. The summed E-state index contributed by atoms with van der Waals surface area (Å²) in [6, 6.07) is 9.02. The zero-order chi connectivity index (χ0) is 15.6. The molecule has 110 valence electrons. The van der Waals surface area contributed by atoms with Gasteiger partial charge >= 0.3 is 0 Å². The van der Waals surface area contributed by atoms with E-state index < -0.39 is 5.82 Å². The Bertz CT molecular complexity index is 689. The molecular formula is C15H15ClFN3O. The summed E-state index contributed by atoms with van der Waals surface area (Å²) in [6.07, 6.45) is 0. The number of amides is 1. The summed E-state index contributed by atoms with van der Waals surface area (Å²) in [5, 5.41) is 3.22. The summed E-state index contributed by atoms with van der Waals surface area (Å²) >= 11 is 6.14. The number of carbonyl (C=O) groups excluding carboxylic acids is 1. The second kappa shape index (κ2) is 6.01. The summed E-state index contributed by atoms with van der Waals surface area (Å²) in [7, 11) is 3.75. The molecule has 0 aliphatic heterocycles. The topological polar surface area (TPSA) is 58.4 Å². The van der Waals surface area contributed by atoms with E-state index in [0.29, 0.717) is 10.7 Å². The minimum atomic E-state index is -0.551. The fraction of sp³-hybridized carbons (Fsp3) is 0.133. The molecule has 6 heteroatoms. The number of nitrogens with one attached hydrogen (secondary N) is 1. The molecule has 0 saturated carbocycles. The van der Waals surface area contributed by atoms with Crippen molar-refractivity contribution in [3.05, 3.63) is 52.8 Å². The van der Waals surface area contributed by atoms with Crippen molar-refractivity contribution < 1.29 is 9.18 Å². The molecule has 0 bridgehead atoms. The Labute approximate surface area is 127 Å². The highest BCUT2D eigenvalue weighted by molar-refractivity contribution is 6.33. The number of hydrogen-bond acceptors (Lipinski definition) is 3. The number of carbonyl (C=O) groups is 1. The van der Waals surface area contributed by atoms with Gasteiger partial charge in [-0.25, -0.2) is 4.39 Å². The highest BCUT2D eigenvalue weighted by atomic mass is 35.5. The molecule has 0 heterocycles. The molecule has 2 aromatic carbocycles. The molecule has 0 spiro atoms. The SMILES string of the molecule is CN(C)c1ccc(NC(=O)c2ccc(F)c(N)c2)cc1Cl. The van der Waals surface area contributed by atoms with E-state index in [1.165, 1.54) is 12.1 Å².